The number of hydrogen-bond acceptors (Lipinski definition) is 4. The Kier molecular flexibility index (Phi) is 7.50. The van der Waals surface area contributed by atoms with Gasteiger partial charge >= 0.3 is 0 Å². The van der Waals surface area contributed by atoms with Crippen molar-refractivity contribution in [1.29, 1.82) is 5.26 Å². The number of hydrogen-bond donors (Lipinski definition) is 1. The van der Waals surface area contributed by atoms with Crippen LogP contribution < -0.4 is 10.2 Å². The van der Waals surface area contributed by atoms with Gasteiger partial charge in [-0.1, -0.05) is 76.9 Å². The summed E-state index contributed by atoms with van der Waals surface area (Å²) in [7, 11) is 0. The molecule has 4 rings (SSSR count). The summed E-state index contributed by atoms with van der Waals surface area (Å²) < 4.78 is 0. The van der Waals surface area contributed by atoms with Crippen molar-refractivity contribution in [3.05, 3.63) is 104 Å². The Bertz CT molecular complexity index is 1320. The van der Waals surface area contributed by atoms with Gasteiger partial charge in [0.25, 0.3) is 5.91 Å². The maximum atomic E-state index is 13.5. The molecule has 0 radical (unpaired) electrons. The fraction of sp³-hybridized carbons (Fsp3) is 0.0800. The highest BCUT2D eigenvalue weighted by molar-refractivity contribution is 8.05. The average molecular weight is 529 g/mol. The molecule has 1 fully saturated rings. The Morgan fingerprint density at radius 1 is 1.00 bits per heavy atom. The van der Waals surface area contributed by atoms with Gasteiger partial charge < -0.3 is 5.32 Å². The van der Waals surface area contributed by atoms with Crippen molar-refractivity contribution in [2.24, 2.45) is 0 Å². The van der Waals surface area contributed by atoms with E-state index in [4.69, 9.17) is 34.8 Å². The summed E-state index contributed by atoms with van der Waals surface area (Å²) in [6.45, 7) is 0. The van der Waals surface area contributed by atoms with Gasteiger partial charge in [0.15, 0.2) is 0 Å². The lowest BCUT2D eigenvalue weighted by Gasteiger charge is -2.18. The van der Waals surface area contributed by atoms with E-state index in [0.717, 1.165) is 5.56 Å². The lowest BCUT2D eigenvalue weighted by atomic mass is 10.1. The molecule has 5 nitrogen and oxygen atoms in total. The first-order valence-electron chi connectivity index (χ1n) is 10.1. The Labute approximate surface area is 215 Å². The second-order valence-electron chi connectivity index (χ2n) is 7.32. The normalized spacial score (nSPS) is 16.8. The number of anilines is 2. The molecule has 0 bridgehead atoms. The summed E-state index contributed by atoms with van der Waals surface area (Å²) in [5.74, 6) is -0.905. The van der Waals surface area contributed by atoms with Crippen molar-refractivity contribution < 1.29 is 9.59 Å². The van der Waals surface area contributed by atoms with Gasteiger partial charge in [-0.25, -0.2) is 0 Å². The van der Waals surface area contributed by atoms with Gasteiger partial charge in [-0.2, -0.15) is 5.26 Å². The van der Waals surface area contributed by atoms with Gasteiger partial charge in [0.05, 0.1) is 16.0 Å². The molecule has 3 aromatic rings. The zero-order valence-electron chi connectivity index (χ0n) is 17.5. The molecule has 3 aromatic carbocycles. The molecule has 1 heterocycles. The maximum Gasteiger partial charge on any atom is 0.269 e. The summed E-state index contributed by atoms with van der Waals surface area (Å²) in [5, 5.41) is 13.5. The van der Waals surface area contributed by atoms with E-state index < -0.39 is 11.2 Å². The number of benzene rings is 3. The number of nitrogens with one attached hydrogen (secondary N) is 1. The smallest absolute Gasteiger partial charge is 0.269 e. The summed E-state index contributed by atoms with van der Waals surface area (Å²) in [5.41, 5.74) is 1.55. The molecular weight excluding hydrogens is 513 g/mol. The van der Waals surface area contributed by atoms with Gasteiger partial charge in [0, 0.05) is 15.7 Å². The van der Waals surface area contributed by atoms with Crippen molar-refractivity contribution in [3.8, 4) is 6.07 Å². The highest BCUT2D eigenvalue weighted by atomic mass is 35.5. The number of nitrogens with zero attached hydrogens (tertiary/aromatic N) is 2. The van der Waals surface area contributed by atoms with Crippen LogP contribution in [0, 0.1) is 11.3 Å². The van der Waals surface area contributed by atoms with E-state index in [0.29, 0.717) is 22.2 Å². The molecule has 2 amide bonds. The molecular formula is C25H16Cl3N3O2S. The Morgan fingerprint density at radius 3 is 2.35 bits per heavy atom. The minimum Gasteiger partial charge on any atom is -0.320 e. The number of thioether (sulfide) groups is 1. The molecule has 1 aliphatic heterocycles. The van der Waals surface area contributed by atoms with E-state index in [-0.39, 0.29) is 27.2 Å². The van der Waals surface area contributed by atoms with Crippen molar-refractivity contribution in [2.45, 2.75) is 11.7 Å². The first-order valence-corrected chi connectivity index (χ1v) is 12.1. The first kappa shape index (κ1) is 24.2. The summed E-state index contributed by atoms with van der Waals surface area (Å²) in [6, 6.07) is 22.7. The first-order chi connectivity index (χ1) is 16.4. The number of carbonyl (C=O) groups is 2. The lowest BCUT2D eigenvalue weighted by molar-refractivity contribution is -0.117. The third-order valence-electron chi connectivity index (χ3n) is 5.03. The molecule has 1 aliphatic rings. The molecule has 170 valence electrons. The molecule has 1 atom stereocenters. The van der Waals surface area contributed by atoms with E-state index in [1.54, 1.807) is 48.5 Å². The quantitative estimate of drug-likeness (QED) is 0.295. The SMILES string of the molecule is N#CC(C(=O)Nc1cc(Cl)ccc1Cl)=C1SC(Cc2ccc(Cl)cc2)C(=O)N1c1ccccc1. The molecule has 0 saturated carbocycles. The predicted molar refractivity (Wildman–Crippen MR) is 138 cm³/mol. The fourth-order valence-corrected chi connectivity index (χ4v) is 5.18. The largest absolute Gasteiger partial charge is 0.320 e. The van der Waals surface area contributed by atoms with E-state index in [1.807, 2.05) is 24.3 Å². The van der Waals surface area contributed by atoms with Crippen LogP contribution >= 0.6 is 46.6 Å². The summed E-state index contributed by atoms with van der Waals surface area (Å²) in [4.78, 5) is 28.0. The molecule has 9 heteroatoms. The van der Waals surface area contributed by atoms with E-state index in [9.17, 15) is 14.9 Å². The summed E-state index contributed by atoms with van der Waals surface area (Å²) >= 11 is 19.3. The van der Waals surface area contributed by atoms with Crippen LogP contribution in [0.2, 0.25) is 15.1 Å². The number of halogens is 3. The number of rotatable bonds is 5. The number of para-hydroxylation sites is 1. The van der Waals surface area contributed by atoms with Gasteiger partial charge in [-0.05, 0) is 54.4 Å². The zero-order chi connectivity index (χ0) is 24.2. The number of nitriles is 1. The Hall–Kier alpha value is -2.95. The van der Waals surface area contributed by atoms with Gasteiger partial charge in [-0.3, -0.25) is 14.5 Å². The molecule has 0 aromatic heterocycles. The second-order valence-corrected chi connectivity index (χ2v) is 9.79. The monoisotopic (exact) mass is 527 g/mol. The van der Waals surface area contributed by atoms with Crippen molar-refractivity contribution in [2.75, 3.05) is 10.2 Å². The predicted octanol–water partition coefficient (Wildman–Crippen LogP) is 6.71. The van der Waals surface area contributed by atoms with Crippen LogP contribution in [0.1, 0.15) is 5.56 Å². The van der Waals surface area contributed by atoms with Crippen molar-refractivity contribution >= 4 is 69.8 Å². The molecule has 1 saturated heterocycles. The van der Waals surface area contributed by atoms with Gasteiger partial charge in [0.1, 0.15) is 16.7 Å². The van der Waals surface area contributed by atoms with E-state index in [2.05, 4.69) is 5.32 Å². The van der Waals surface area contributed by atoms with Crippen LogP contribution in [-0.4, -0.2) is 17.1 Å². The maximum absolute atomic E-state index is 13.5. The van der Waals surface area contributed by atoms with Gasteiger partial charge in [-0.15, -0.1) is 0 Å². The van der Waals surface area contributed by atoms with Crippen molar-refractivity contribution in [3.63, 3.8) is 0 Å². The minimum atomic E-state index is -0.685. The van der Waals surface area contributed by atoms with E-state index >= 15 is 0 Å². The summed E-state index contributed by atoms with van der Waals surface area (Å²) in [6.07, 6.45) is 0.411. The van der Waals surface area contributed by atoms with E-state index in [1.165, 1.54) is 22.7 Å². The third kappa shape index (κ3) is 5.24. The number of carbonyl (C=O) groups excluding carboxylic acids is 2. The Morgan fingerprint density at radius 2 is 1.68 bits per heavy atom. The topological polar surface area (TPSA) is 73.2 Å². The van der Waals surface area contributed by atoms with Crippen LogP contribution in [-0.2, 0) is 16.0 Å². The van der Waals surface area contributed by atoms with Crippen molar-refractivity contribution in [1.82, 2.24) is 0 Å². The van der Waals surface area contributed by atoms with Gasteiger partial charge in [0.2, 0.25) is 5.91 Å². The minimum absolute atomic E-state index is 0.197. The van der Waals surface area contributed by atoms with Crippen LogP contribution in [0.3, 0.4) is 0 Å². The molecule has 1 unspecified atom stereocenters. The average Bonchev–Trinajstić information content (AvgIpc) is 3.14. The van der Waals surface area contributed by atoms with Crippen LogP contribution in [0.25, 0.3) is 0 Å². The van der Waals surface area contributed by atoms with Crippen LogP contribution in [0.15, 0.2) is 83.4 Å². The zero-order valence-corrected chi connectivity index (χ0v) is 20.6. The lowest BCUT2D eigenvalue weighted by Crippen LogP contribution is -2.30. The molecule has 1 N–H and O–H groups in total. The Balaban J connectivity index is 1.72. The van der Waals surface area contributed by atoms with Crippen LogP contribution in [0.5, 0.6) is 0 Å². The highest BCUT2D eigenvalue weighted by Crippen LogP contribution is 2.42. The second kappa shape index (κ2) is 10.5. The van der Waals surface area contributed by atoms with Crippen LogP contribution in [0.4, 0.5) is 11.4 Å². The third-order valence-corrected chi connectivity index (χ3v) is 7.11. The molecule has 34 heavy (non-hydrogen) atoms. The highest BCUT2D eigenvalue weighted by Gasteiger charge is 2.40. The fourth-order valence-electron chi connectivity index (χ4n) is 3.41. The number of amides is 2. The molecule has 0 spiro atoms. The molecule has 0 aliphatic carbocycles. The standard InChI is InChI=1S/C25H16Cl3N3O2S/c26-16-8-6-15(7-9-16)12-22-24(33)31(18-4-2-1-3-5-18)25(34-22)19(14-29)23(32)30-21-13-17(27)10-11-20(21)28/h1-11,13,22H,12H2,(H,30,32).